The van der Waals surface area contributed by atoms with Gasteiger partial charge in [0.1, 0.15) is 11.9 Å². The number of nitrogens with one attached hydrogen (secondary N) is 2. The van der Waals surface area contributed by atoms with Crippen molar-refractivity contribution < 1.29 is 14.0 Å². The minimum Gasteiger partial charge on any atom is -0.326 e. The molecule has 3 aromatic rings. The van der Waals surface area contributed by atoms with Gasteiger partial charge in [-0.15, -0.1) is 0 Å². The smallest absolute Gasteiger partial charge is 0.267 e. The Balaban J connectivity index is 1.92. The van der Waals surface area contributed by atoms with Crippen molar-refractivity contribution in [1.29, 1.82) is 0 Å². The lowest BCUT2D eigenvalue weighted by Crippen LogP contribution is -2.33. The number of aromatic nitrogens is 2. The molecule has 0 unspecified atom stereocenters. The molecule has 2 N–H and O–H groups in total. The minimum atomic E-state index is -0.975. The summed E-state index contributed by atoms with van der Waals surface area (Å²) in [5.41, 5.74) is 2.18. The third kappa shape index (κ3) is 4.60. The van der Waals surface area contributed by atoms with Gasteiger partial charge in [0.05, 0.1) is 11.4 Å². The number of amides is 2. The molecule has 0 bridgehead atoms. The summed E-state index contributed by atoms with van der Waals surface area (Å²) in [5.74, 6) is -1.35. The Bertz CT molecular complexity index is 1170. The number of para-hydroxylation sites is 1. The molecule has 0 aliphatic carbocycles. The molecule has 30 heavy (non-hydrogen) atoms. The topological polar surface area (TPSA) is 93.1 Å². The van der Waals surface area contributed by atoms with Crippen LogP contribution in [0.4, 0.5) is 15.8 Å². The standard InChI is InChI=1S/C22H21FN4O3/c1-13-8-9-16(12-20(13)24-15(3)28)18-10-11-21(29)27(26-18)14(2)22(30)25-19-7-5-4-6-17(19)23/h4-12,14H,1-3H3,(H,24,28)(H,25,30)/t14-/m0/s1. The third-order valence-electron chi connectivity index (χ3n) is 4.55. The Kier molecular flexibility index (Phi) is 6.06. The van der Waals surface area contributed by atoms with Crippen LogP contribution in [-0.2, 0) is 9.59 Å². The van der Waals surface area contributed by atoms with E-state index in [9.17, 15) is 18.8 Å². The van der Waals surface area contributed by atoms with Gasteiger partial charge in [0.25, 0.3) is 5.56 Å². The fourth-order valence-corrected chi connectivity index (χ4v) is 2.87. The first-order chi connectivity index (χ1) is 14.3. The molecule has 0 saturated heterocycles. The largest absolute Gasteiger partial charge is 0.326 e. The van der Waals surface area contributed by atoms with Gasteiger partial charge in [0, 0.05) is 24.2 Å². The van der Waals surface area contributed by atoms with E-state index in [1.165, 1.54) is 38.1 Å². The highest BCUT2D eigenvalue weighted by atomic mass is 19.1. The summed E-state index contributed by atoms with van der Waals surface area (Å²) in [4.78, 5) is 36.3. The van der Waals surface area contributed by atoms with E-state index < -0.39 is 23.3 Å². The second-order valence-electron chi connectivity index (χ2n) is 6.86. The first kappa shape index (κ1) is 20.9. The Morgan fingerprint density at radius 2 is 1.77 bits per heavy atom. The third-order valence-corrected chi connectivity index (χ3v) is 4.55. The Morgan fingerprint density at radius 3 is 2.47 bits per heavy atom. The minimum absolute atomic E-state index is 0.0250. The molecule has 0 spiro atoms. The second kappa shape index (κ2) is 8.69. The summed E-state index contributed by atoms with van der Waals surface area (Å²) in [5, 5.41) is 9.53. The quantitative estimate of drug-likeness (QED) is 0.676. The molecule has 0 saturated carbocycles. The molecule has 2 amide bonds. The number of hydrogen-bond acceptors (Lipinski definition) is 4. The lowest BCUT2D eigenvalue weighted by Gasteiger charge is -2.16. The summed E-state index contributed by atoms with van der Waals surface area (Å²) >= 11 is 0. The fourth-order valence-electron chi connectivity index (χ4n) is 2.87. The first-order valence-electron chi connectivity index (χ1n) is 9.30. The number of anilines is 2. The van der Waals surface area contributed by atoms with Crippen LogP contribution in [0, 0.1) is 12.7 Å². The highest BCUT2D eigenvalue weighted by molar-refractivity contribution is 5.93. The van der Waals surface area contributed by atoms with Crippen LogP contribution in [0.1, 0.15) is 25.5 Å². The zero-order chi connectivity index (χ0) is 21.8. The average molecular weight is 408 g/mol. The molecule has 0 aliphatic heterocycles. The number of benzene rings is 2. The van der Waals surface area contributed by atoms with Gasteiger partial charge < -0.3 is 10.6 Å². The van der Waals surface area contributed by atoms with Crippen LogP contribution in [0.3, 0.4) is 0 Å². The van der Waals surface area contributed by atoms with E-state index in [4.69, 9.17) is 0 Å². The van der Waals surface area contributed by atoms with E-state index >= 15 is 0 Å². The molecule has 8 heteroatoms. The van der Waals surface area contributed by atoms with E-state index in [2.05, 4.69) is 15.7 Å². The molecule has 2 aromatic carbocycles. The predicted octanol–water partition coefficient (Wildman–Crippen LogP) is 3.52. The number of carbonyl (C=O) groups excluding carboxylic acids is 2. The fraction of sp³-hybridized carbons (Fsp3) is 0.182. The Labute approximate surface area is 172 Å². The van der Waals surface area contributed by atoms with Crippen LogP contribution >= 0.6 is 0 Å². The lowest BCUT2D eigenvalue weighted by molar-refractivity contribution is -0.119. The predicted molar refractivity (Wildman–Crippen MR) is 113 cm³/mol. The van der Waals surface area contributed by atoms with Crippen molar-refractivity contribution in [3.05, 3.63) is 76.3 Å². The molecular weight excluding hydrogens is 387 g/mol. The van der Waals surface area contributed by atoms with Crippen molar-refractivity contribution >= 4 is 23.2 Å². The number of aryl methyl sites for hydroxylation is 1. The van der Waals surface area contributed by atoms with E-state index in [1.54, 1.807) is 18.2 Å². The van der Waals surface area contributed by atoms with Gasteiger partial charge in [-0.05, 0) is 43.7 Å². The molecule has 0 fully saturated rings. The van der Waals surface area contributed by atoms with Crippen LogP contribution in [-0.4, -0.2) is 21.6 Å². The number of rotatable bonds is 5. The van der Waals surface area contributed by atoms with E-state index in [1.807, 2.05) is 19.1 Å². The van der Waals surface area contributed by atoms with Crippen LogP contribution in [0.2, 0.25) is 0 Å². The highest BCUT2D eigenvalue weighted by Gasteiger charge is 2.19. The Morgan fingerprint density at radius 1 is 1.03 bits per heavy atom. The molecule has 1 atom stereocenters. The van der Waals surface area contributed by atoms with E-state index in [0.717, 1.165) is 10.2 Å². The number of hydrogen-bond donors (Lipinski definition) is 2. The van der Waals surface area contributed by atoms with Gasteiger partial charge >= 0.3 is 0 Å². The number of halogens is 1. The molecule has 1 aromatic heterocycles. The van der Waals surface area contributed by atoms with Gasteiger partial charge in [-0.1, -0.05) is 24.3 Å². The maximum Gasteiger partial charge on any atom is 0.267 e. The van der Waals surface area contributed by atoms with Gasteiger partial charge in [-0.2, -0.15) is 5.10 Å². The number of carbonyl (C=O) groups is 2. The molecular formula is C22H21FN4O3. The molecule has 7 nitrogen and oxygen atoms in total. The van der Waals surface area contributed by atoms with Crippen molar-refractivity contribution in [1.82, 2.24) is 9.78 Å². The monoisotopic (exact) mass is 408 g/mol. The molecule has 1 heterocycles. The van der Waals surface area contributed by atoms with Crippen LogP contribution in [0.15, 0.2) is 59.4 Å². The first-order valence-corrected chi connectivity index (χ1v) is 9.30. The van der Waals surface area contributed by atoms with Crippen LogP contribution in [0.5, 0.6) is 0 Å². The zero-order valence-corrected chi connectivity index (χ0v) is 16.8. The van der Waals surface area contributed by atoms with Crippen LogP contribution in [0.25, 0.3) is 11.3 Å². The maximum absolute atomic E-state index is 13.8. The van der Waals surface area contributed by atoms with Gasteiger partial charge in [0.2, 0.25) is 11.8 Å². The lowest BCUT2D eigenvalue weighted by atomic mass is 10.1. The number of nitrogens with zero attached hydrogens (tertiary/aromatic N) is 2. The summed E-state index contributed by atoms with van der Waals surface area (Å²) in [6, 6.07) is 13.0. The van der Waals surface area contributed by atoms with Crippen molar-refractivity contribution in [2.45, 2.75) is 26.8 Å². The highest BCUT2D eigenvalue weighted by Crippen LogP contribution is 2.24. The van der Waals surface area contributed by atoms with Crippen molar-refractivity contribution in [2.75, 3.05) is 10.6 Å². The average Bonchev–Trinajstić information content (AvgIpc) is 2.71. The van der Waals surface area contributed by atoms with Crippen molar-refractivity contribution in [3.63, 3.8) is 0 Å². The summed E-state index contributed by atoms with van der Waals surface area (Å²) in [6.45, 7) is 4.78. The van der Waals surface area contributed by atoms with Crippen LogP contribution < -0.4 is 16.2 Å². The summed E-state index contributed by atoms with van der Waals surface area (Å²) in [7, 11) is 0. The van der Waals surface area contributed by atoms with E-state index in [0.29, 0.717) is 16.9 Å². The zero-order valence-electron chi connectivity index (χ0n) is 16.8. The normalized spacial score (nSPS) is 11.6. The molecule has 154 valence electrons. The molecule has 0 aliphatic rings. The second-order valence-corrected chi connectivity index (χ2v) is 6.86. The van der Waals surface area contributed by atoms with E-state index in [-0.39, 0.29) is 11.6 Å². The summed E-state index contributed by atoms with van der Waals surface area (Å²) in [6.07, 6.45) is 0. The molecule has 0 radical (unpaired) electrons. The molecule has 3 rings (SSSR count). The van der Waals surface area contributed by atoms with Gasteiger partial charge in [-0.3, -0.25) is 14.4 Å². The maximum atomic E-state index is 13.8. The van der Waals surface area contributed by atoms with Gasteiger partial charge in [0.15, 0.2) is 0 Å². The SMILES string of the molecule is CC(=O)Nc1cc(-c2ccc(=O)n([C@@H](C)C(=O)Nc3ccccc3F)n2)ccc1C. The Hall–Kier alpha value is -3.81. The van der Waals surface area contributed by atoms with Crippen molar-refractivity contribution in [3.8, 4) is 11.3 Å². The summed E-state index contributed by atoms with van der Waals surface area (Å²) < 4.78 is 14.9. The van der Waals surface area contributed by atoms with Gasteiger partial charge in [-0.25, -0.2) is 9.07 Å². The van der Waals surface area contributed by atoms with Crippen molar-refractivity contribution in [2.24, 2.45) is 0 Å².